The second-order valence-corrected chi connectivity index (χ2v) is 3.35. The molecule has 1 heterocycles. The fourth-order valence-corrected chi connectivity index (χ4v) is 1.37. The van der Waals surface area contributed by atoms with Crippen molar-refractivity contribution in [1.29, 1.82) is 0 Å². The van der Waals surface area contributed by atoms with E-state index in [4.69, 9.17) is 0 Å². The van der Waals surface area contributed by atoms with Crippen molar-refractivity contribution in [2.45, 2.75) is 19.8 Å². The van der Waals surface area contributed by atoms with Crippen LogP contribution < -0.4 is 5.32 Å². The number of nitrogens with zero attached hydrogens (tertiary/aromatic N) is 2. The summed E-state index contributed by atoms with van der Waals surface area (Å²) in [5.74, 6) is 0.193. The fourth-order valence-electron chi connectivity index (χ4n) is 1.37. The van der Waals surface area contributed by atoms with Gasteiger partial charge in [0, 0.05) is 19.2 Å². The molecule has 1 aromatic heterocycles. The molecule has 0 spiro atoms. The number of carbonyl (C=O) groups excluding carboxylic acids is 1. The summed E-state index contributed by atoms with van der Waals surface area (Å²) >= 11 is 0. The van der Waals surface area contributed by atoms with Gasteiger partial charge in [-0.25, -0.2) is 0 Å². The lowest BCUT2D eigenvalue weighted by Crippen LogP contribution is -2.21. The number of Topliss-reactive ketones (excluding diaryl/α,β-unsaturated/α-hetero) is 1. The summed E-state index contributed by atoms with van der Waals surface area (Å²) in [6.45, 7) is 2.48. The number of ketones is 1. The summed E-state index contributed by atoms with van der Waals surface area (Å²) in [5, 5.41) is 7.14. The summed E-state index contributed by atoms with van der Waals surface area (Å²) in [6, 6.07) is 1.99. The highest BCUT2D eigenvalue weighted by Gasteiger charge is 2.08. The van der Waals surface area contributed by atoms with Crippen LogP contribution in [0.5, 0.6) is 0 Å². The Morgan fingerprint density at radius 1 is 1.64 bits per heavy atom. The Bertz CT molecular complexity index is 317. The summed E-state index contributed by atoms with van der Waals surface area (Å²) in [5.41, 5.74) is 2.03. The molecule has 0 atom stereocenters. The van der Waals surface area contributed by atoms with Crippen molar-refractivity contribution in [3.8, 4) is 0 Å². The monoisotopic (exact) mass is 195 g/mol. The number of nitrogens with one attached hydrogen (secondary N) is 1. The molecule has 0 bridgehead atoms. The van der Waals surface area contributed by atoms with Gasteiger partial charge < -0.3 is 5.32 Å². The lowest BCUT2D eigenvalue weighted by molar-refractivity contribution is -0.117. The largest absolute Gasteiger partial charge is 0.313 e. The van der Waals surface area contributed by atoms with E-state index in [2.05, 4.69) is 17.3 Å². The number of likely N-dealkylation sites (N-methyl/N-ethyl adjacent to an activating group) is 1. The maximum Gasteiger partial charge on any atom is 0.152 e. The van der Waals surface area contributed by atoms with E-state index in [1.807, 2.05) is 13.1 Å². The highest BCUT2D eigenvalue weighted by atomic mass is 16.1. The van der Waals surface area contributed by atoms with Gasteiger partial charge in [-0.2, -0.15) is 5.10 Å². The molecule has 14 heavy (non-hydrogen) atoms. The maximum atomic E-state index is 11.4. The van der Waals surface area contributed by atoms with E-state index in [1.165, 1.54) is 0 Å². The zero-order valence-electron chi connectivity index (χ0n) is 9.00. The van der Waals surface area contributed by atoms with Crippen LogP contribution in [0.2, 0.25) is 0 Å². The Morgan fingerprint density at radius 2 is 2.36 bits per heavy atom. The molecule has 4 heteroatoms. The molecule has 0 aliphatic heterocycles. The predicted molar refractivity (Wildman–Crippen MR) is 55.2 cm³/mol. The Hall–Kier alpha value is -1.16. The van der Waals surface area contributed by atoms with Crippen LogP contribution >= 0.6 is 0 Å². The van der Waals surface area contributed by atoms with Crippen molar-refractivity contribution in [2.24, 2.45) is 7.05 Å². The standard InChI is InChI=1S/C10H17N3O/c1-4-8-5-9(13(3)12-8)6-10(14)7-11-2/h5,11H,4,6-7H2,1-3H3. The van der Waals surface area contributed by atoms with Crippen LogP contribution in [0.3, 0.4) is 0 Å². The van der Waals surface area contributed by atoms with Crippen molar-refractivity contribution in [3.05, 3.63) is 17.5 Å². The van der Waals surface area contributed by atoms with Crippen molar-refractivity contribution < 1.29 is 4.79 Å². The number of aryl methyl sites for hydroxylation is 2. The molecule has 0 saturated carbocycles. The topological polar surface area (TPSA) is 46.9 Å². The molecule has 0 aliphatic rings. The van der Waals surface area contributed by atoms with Crippen LogP contribution in [0, 0.1) is 0 Å². The first-order valence-corrected chi connectivity index (χ1v) is 4.85. The lowest BCUT2D eigenvalue weighted by Gasteiger charge is -2.00. The highest BCUT2D eigenvalue weighted by Crippen LogP contribution is 2.04. The van der Waals surface area contributed by atoms with E-state index >= 15 is 0 Å². The summed E-state index contributed by atoms with van der Waals surface area (Å²) in [7, 11) is 3.65. The quantitative estimate of drug-likeness (QED) is 0.735. The third kappa shape index (κ3) is 2.67. The van der Waals surface area contributed by atoms with Gasteiger partial charge in [0.25, 0.3) is 0 Å². The van der Waals surface area contributed by atoms with E-state index < -0.39 is 0 Å². The fraction of sp³-hybridized carbons (Fsp3) is 0.600. The first-order valence-electron chi connectivity index (χ1n) is 4.85. The molecule has 0 aliphatic carbocycles. The molecular formula is C10H17N3O. The minimum atomic E-state index is 0.193. The molecule has 0 saturated heterocycles. The van der Waals surface area contributed by atoms with Gasteiger partial charge in [0.1, 0.15) is 0 Å². The number of hydrogen-bond acceptors (Lipinski definition) is 3. The highest BCUT2D eigenvalue weighted by molar-refractivity contribution is 5.82. The third-order valence-corrected chi connectivity index (χ3v) is 2.14. The minimum Gasteiger partial charge on any atom is -0.313 e. The van der Waals surface area contributed by atoms with E-state index in [9.17, 15) is 4.79 Å². The van der Waals surface area contributed by atoms with E-state index in [-0.39, 0.29) is 5.78 Å². The van der Waals surface area contributed by atoms with Crippen LogP contribution in [0.25, 0.3) is 0 Å². The molecule has 78 valence electrons. The average Bonchev–Trinajstić information content (AvgIpc) is 2.48. The van der Waals surface area contributed by atoms with Crippen LogP contribution in [-0.4, -0.2) is 29.2 Å². The second kappa shape index (κ2) is 4.91. The molecule has 0 aromatic carbocycles. The Labute approximate surface area is 84.3 Å². The first kappa shape index (κ1) is 10.9. The molecule has 1 N–H and O–H groups in total. The van der Waals surface area contributed by atoms with Crippen LogP contribution in [0.1, 0.15) is 18.3 Å². The first-order chi connectivity index (χ1) is 6.67. The average molecular weight is 195 g/mol. The van der Waals surface area contributed by atoms with Gasteiger partial charge >= 0.3 is 0 Å². The van der Waals surface area contributed by atoms with Crippen LogP contribution in [0.15, 0.2) is 6.07 Å². The van der Waals surface area contributed by atoms with Gasteiger partial charge in [-0.1, -0.05) is 6.92 Å². The van der Waals surface area contributed by atoms with Gasteiger partial charge in [-0.05, 0) is 19.5 Å². The van der Waals surface area contributed by atoms with Gasteiger partial charge in [0.05, 0.1) is 12.2 Å². The van der Waals surface area contributed by atoms with Crippen LogP contribution in [0.4, 0.5) is 0 Å². The van der Waals surface area contributed by atoms with Crippen molar-refractivity contribution in [1.82, 2.24) is 15.1 Å². The van der Waals surface area contributed by atoms with Gasteiger partial charge in [0.2, 0.25) is 0 Å². The van der Waals surface area contributed by atoms with Crippen LogP contribution in [-0.2, 0) is 24.7 Å². The van der Waals surface area contributed by atoms with Gasteiger partial charge in [-0.15, -0.1) is 0 Å². The SMILES string of the molecule is CCc1cc(CC(=O)CNC)n(C)n1. The molecule has 1 rings (SSSR count). The number of carbonyl (C=O) groups is 1. The normalized spacial score (nSPS) is 10.5. The third-order valence-electron chi connectivity index (χ3n) is 2.14. The smallest absolute Gasteiger partial charge is 0.152 e. The molecule has 0 amide bonds. The van der Waals surface area contributed by atoms with E-state index in [0.29, 0.717) is 13.0 Å². The zero-order valence-corrected chi connectivity index (χ0v) is 9.00. The van der Waals surface area contributed by atoms with E-state index in [1.54, 1.807) is 11.7 Å². The summed E-state index contributed by atoms with van der Waals surface area (Å²) in [4.78, 5) is 11.4. The molecule has 0 unspecified atom stereocenters. The molecular weight excluding hydrogens is 178 g/mol. The Balaban J connectivity index is 2.66. The second-order valence-electron chi connectivity index (χ2n) is 3.35. The van der Waals surface area contributed by atoms with Gasteiger partial charge in [-0.3, -0.25) is 9.48 Å². The number of aromatic nitrogens is 2. The maximum absolute atomic E-state index is 11.4. The molecule has 0 fully saturated rings. The summed E-state index contributed by atoms with van der Waals surface area (Å²) < 4.78 is 1.78. The minimum absolute atomic E-state index is 0.193. The Kier molecular flexibility index (Phi) is 3.83. The van der Waals surface area contributed by atoms with Crippen molar-refractivity contribution in [2.75, 3.05) is 13.6 Å². The van der Waals surface area contributed by atoms with Crippen molar-refractivity contribution in [3.63, 3.8) is 0 Å². The summed E-state index contributed by atoms with van der Waals surface area (Å²) in [6.07, 6.45) is 1.37. The predicted octanol–water partition coefficient (Wildman–Crippen LogP) is 0.313. The number of rotatable bonds is 5. The van der Waals surface area contributed by atoms with Crippen molar-refractivity contribution >= 4 is 5.78 Å². The molecule has 1 aromatic rings. The zero-order chi connectivity index (χ0) is 10.6. The molecule has 0 radical (unpaired) electrons. The lowest BCUT2D eigenvalue weighted by atomic mass is 10.2. The molecule has 4 nitrogen and oxygen atoms in total. The van der Waals surface area contributed by atoms with E-state index in [0.717, 1.165) is 17.8 Å². The van der Waals surface area contributed by atoms with Gasteiger partial charge in [0.15, 0.2) is 5.78 Å². The number of hydrogen-bond donors (Lipinski definition) is 1. The Morgan fingerprint density at radius 3 is 2.86 bits per heavy atom.